The van der Waals surface area contributed by atoms with Crippen molar-refractivity contribution in [3.05, 3.63) is 36.0 Å². The molecule has 0 aliphatic rings. The number of methoxy groups -OCH3 is 1. The number of ether oxygens (including phenoxy) is 1. The van der Waals surface area contributed by atoms with E-state index in [4.69, 9.17) is 4.74 Å². The Morgan fingerprint density at radius 2 is 2.28 bits per heavy atom. The second kappa shape index (κ2) is 4.82. The summed E-state index contributed by atoms with van der Waals surface area (Å²) in [5.41, 5.74) is 0.602. The third-order valence-electron chi connectivity index (χ3n) is 2.26. The van der Waals surface area contributed by atoms with Gasteiger partial charge in [0.25, 0.3) is 5.91 Å². The summed E-state index contributed by atoms with van der Waals surface area (Å²) in [6, 6.07) is 4.08. The number of nitrogens with zero attached hydrogens (tertiary/aromatic N) is 3. The van der Waals surface area contributed by atoms with Crippen LogP contribution in [0.4, 0.5) is 10.1 Å². The van der Waals surface area contributed by atoms with Crippen molar-refractivity contribution in [2.45, 2.75) is 0 Å². The number of aryl methyl sites for hydroxylation is 1. The number of anilines is 1. The van der Waals surface area contributed by atoms with Crippen LogP contribution in [0, 0.1) is 5.95 Å². The van der Waals surface area contributed by atoms with Gasteiger partial charge in [-0.2, -0.15) is 9.49 Å². The Morgan fingerprint density at radius 3 is 2.83 bits per heavy atom. The molecule has 2 heterocycles. The Hall–Kier alpha value is -2.44. The van der Waals surface area contributed by atoms with E-state index in [9.17, 15) is 9.18 Å². The van der Waals surface area contributed by atoms with E-state index in [-0.39, 0.29) is 5.69 Å². The van der Waals surface area contributed by atoms with E-state index in [1.807, 2.05) is 0 Å². The van der Waals surface area contributed by atoms with Crippen LogP contribution in [-0.2, 0) is 7.05 Å². The summed E-state index contributed by atoms with van der Waals surface area (Å²) in [5, 5.41) is 6.53. The summed E-state index contributed by atoms with van der Waals surface area (Å²) in [7, 11) is 3.15. The lowest BCUT2D eigenvalue weighted by Crippen LogP contribution is -2.13. The number of rotatable bonds is 3. The number of amides is 1. The largest absolute Gasteiger partial charge is 0.481 e. The summed E-state index contributed by atoms with van der Waals surface area (Å²) < 4.78 is 19.0. The third kappa shape index (κ3) is 2.45. The molecule has 2 aromatic rings. The number of nitrogens with one attached hydrogen (secondary N) is 1. The lowest BCUT2D eigenvalue weighted by atomic mass is 10.3. The molecule has 1 N–H and O–H groups in total. The van der Waals surface area contributed by atoms with Gasteiger partial charge < -0.3 is 10.1 Å². The molecule has 0 bridgehead atoms. The molecule has 0 saturated heterocycles. The predicted octanol–water partition coefficient (Wildman–Crippen LogP) is 1.22. The van der Waals surface area contributed by atoms with Gasteiger partial charge in [0.15, 0.2) is 5.69 Å². The van der Waals surface area contributed by atoms with E-state index < -0.39 is 11.9 Å². The molecule has 0 radical (unpaired) electrons. The van der Waals surface area contributed by atoms with Gasteiger partial charge in [-0.15, -0.1) is 0 Å². The first kappa shape index (κ1) is 12.0. The van der Waals surface area contributed by atoms with Gasteiger partial charge in [0.05, 0.1) is 19.0 Å². The lowest BCUT2D eigenvalue weighted by Gasteiger charge is -2.01. The van der Waals surface area contributed by atoms with Gasteiger partial charge >= 0.3 is 0 Å². The molecule has 18 heavy (non-hydrogen) atoms. The highest BCUT2D eigenvalue weighted by Crippen LogP contribution is 2.13. The van der Waals surface area contributed by atoms with Gasteiger partial charge in [0.2, 0.25) is 11.8 Å². The first-order chi connectivity index (χ1) is 8.60. The summed E-state index contributed by atoms with van der Waals surface area (Å²) in [6.07, 6.45) is 1.23. The van der Waals surface area contributed by atoms with Crippen molar-refractivity contribution in [1.29, 1.82) is 0 Å². The quantitative estimate of drug-likeness (QED) is 0.831. The van der Waals surface area contributed by atoms with Crippen LogP contribution in [0.1, 0.15) is 10.5 Å². The molecule has 2 rings (SSSR count). The first-order valence-electron chi connectivity index (χ1n) is 5.11. The zero-order chi connectivity index (χ0) is 13.1. The second-order valence-corrected chi connectivity index (χ2v) is 3.52. The normalized spacial score (nSPS) is 10.2. The minimum Gasteiger partial charge on any atom is -0.481 e. The van der Waals surface area contributed by atoms with Gasteiger partial charge in [0.1, 0.15) is 0 Å². The van der Waals surface area contributed by atoms with E-state index >= 15 is 0 Å². The van der Waals surface area contributed by atoms with Crippen LogP contribution in [0.15, 0.2) is 24.4 Å². The average molecular weight is 250 g/mol. The van der Waals surface area contributed by atoms with Gasteiger partial charge in [-0.05, 0) is 12.1 Å². The van der Waals surface area contributed by atoms with Crippen LogP contribution in [-0.4, -0.2) is 27.8 Å². The second-order valence-electron chi connectivity index (χ2n) is 3.52. The van der Waals surface area contributed by atoms with E-state index in [0.717, 1.165) is 6.07 Å². The maximum atomic E-state index is 12.6. The van der Waals surface area contributed by atoms with Crippen molar-refractivity contribution in [3.63, 3.8) is 0 Å². The maximum Gasteiger partial charge on any atom is 0.276 e. The average Bonchev–Trinajstić information content (AvgIpc) is 2.73. The molecule has 94 valence electrons. The highest BCUT2D eigenvalue weighted by atomic mass is 19.1. The molecule has 0 spiro atoms. The fourth-order valence-corrected chi connectivity index (χ4v) is 1.40. The summed E-state index contributed by atoms with van der Waals surface area (Å²) >= 11 is 0. The number of hydrogen-bond donors (Lipinski definition) is 1. The molecular weight excluding hydrogens is 239 g/mol. The number of carbonyl (C=O) groups excluding carboxylic acids is 1. The van der Waals surface area contributed by atoms with Gasteiger partial charge in [0, 0.05) is 13.1 Å². The summed E-state index contributed by atoms with van der Waals surface area (Å²) in [5.74, 6) is -0.549. The van der Waals surface area contributed by atoms with Crippen LogP contribution in [0.5, 0.6) is 5.88 Å². The maximum absolute atomic E-state index is 12.6. The van der Waals surface area contributed by atoms with Crippen molar-refractivity contribution < 1.29 is 13.9 Å². The Labute approximate surface area is 102 Å². The Balaban J connectivity index is 2.14. The fraction of sp³-hybridized carbons (Fsp3) is 0.182. The number of aromatic nitrogens is 3. The fourth-order valence-electron chi connectivity index (χ4n) is 1.40. The van der Waals surface area contributed by atoms with Crippen LogP contribution in [0.25, 0.3) is 0 Å². The Morgan fingerprint density at radius 1 is 1.50 bits per heavy atom. The minimum absolute atomic E-state index is 0.207. The van der Waals surface area contributed by atoms with E-state index in [0.29, 0.717) is 11.6 Å². The van der Waals surface area contributed by atoms with Crippen molar-refractivity contribution in [2.24, 2.45) is 7.05 Å². The van der Waals surface area contributed by atoms with E-state index in [1.165, 1.54) is 30.1 Å². The van der Waals surface area contributed by atoms with Crippen LogP contribution in [0.3, 0.4) is 0 Å². The zero-order valence-electron chi connectivity index (χ0n) is 9.85. The summed E-state index contributed by atoms with van der Waals surface area (Å²) in [6.45, 7) is 0. The van der Waals surface area contributed by atoms with Crippen LogP contribution < -0.4 is 10.1 Å². The lowest BCUT2D eigenvalue weighted by molar-refractivity contribution is 0.102. The van der Waals surface area contributed by atoms with Crippen molar-refractivity contribution in [3.8, 4) is 5.88 Å². The van der Waals surface area contributed by atoms with Gasteiger partial charge in [-0.1, -0.05) is 0 Å². The smallest absolute Gasteiger partial charge is 0.276 e. The van der Waals surface area contributed by atoms with Gasteiger partial charge in [-0.3, -0.25) is 4.79 Å². The van der Waals surface area contributed by atoms with Crippen molar-refractivity contribution in [2.75, 3.05) is 12.4 Å². The SMILES string of the molecule is COc1cc(C(=O)Nc2ccc(F)nc2)nn1C. The monoisotopic (exact) mass is 250 g/mol. The van der Waals surface area contributed by atoms with Crippen molar-refractivity contribution in [1.82, 2.24) is 14.8 Å². The van der Waals surface area contributed by atoms with E-state index in [2.05, 4.69) is 15.4 Å². The molecule has 0 aliphatic carbocycles. The van der Waals surface area contributed by atoms with Crippen LogP contribution >= 0.6 is 0 Å². The first-order valence-corrected chi connectivity index (χ1v) is 5.11. The molecular formula is C11H11FN4O2. The molecule has 0 atom stereocenters. The Bertz CT molecular complexity index is 565. The number of halogens is 1. The highest BCUT2D eigenvalue weighted by molar-refractivity contribution is 6.02. The molecule has 0 aliphatic heterocycles. The third-order valence-corrected chi connectivity index (χ3v) is 2.26. The standard InChI is InChI=1S/C11H11FN4O2/c1-16-10(18-2)5-8(15-16)11(17)14-7-3-4-9(12)13-6-7/h3-6H,1-2H3,(H,14,17). The molecule has 0 unspecified atom stereocenters. The predicted molar refractivity (Wildman–Crippen MR) is 61.9 cm³/mol. The Kier molecular flexibility index (Phi) is 3.22. The molecule has 2 aromatic heterocycles. The topological polar surface area (TPSA) is 69.0 Å². The molecule has 0 fully saturated rings. The number of hydrogen-bond acceptors (Lipinski definition) is 4. The van der Waals surface area contributed by atoms with Crippen molar-refractivity contribution >= 4 is 11.6 Å². The van der Waals surface area contributed by atoms with Gasteiger partial charge in [-0.25, -0.2) is 9.67 Å². The zero-order valence-corrected chi connectivity index (χ0v) is 9.85. The molecule has 6 nitrogen and oxygen atoms in total. The molecule has 7 heteroatoms. The molecule has 0 saturated carbocycles. The molecule has 1 amide bonds. The number of carbonyl (C=O) groups is 1. The van der Waals surface area contributed by atoms with E-state index in [1.54, 1.807) is 7.05 Å². The highest BCUT2D eigenvalue weighted by Gasteiger charge is 2.13. The summed E-state index contributed by atoms with van der Waals surface area (Å²) in [4.78, 5) is 15.2. The number of pyridine rings is 1. The minimum atomic E-state index is -0.604. The van der Waals surface area contributed by atoms with Crippen LogP contribution in [0.2, 0.25) is 0 Å². The molecule has 0 aromatic carbocycles.